The summed E-state index contributed by atoms with van der Waals surface area (Å²) in [5.41, 5.74) is -0.144. The third-order valence-corrected chi connectivity index (χ3v) is 4.91. The summed E-state index contributed by atoms with van der Waals surface area (Å²) in [5.74, 6) is -4.43. The van der Waals surface area contributed by atoms with Gasteiger partial charge in [0.25, 0.3) is 11.7 Å². The van der Waals surface area contributed by atoms with Gasteiger partial charge in [-0.3, -0.25) is 19.5 Å². The molecule has 1 fully saturated rings. The van der Waals surface area contributed by atoms with E-state index < -0.39 is 35.1 Å². The molecule has 4 rings (SSSR count). The second kappa shape index (κ2) is 7.68. The summed E-state index contributed by atoms with van der Waals surface area (Å²) in [6, 6.07) is 12.3. The molecule has 1 saturated heterocycles. The zero-order valence-electron chi connectivity index (χ0n) is 15.2. The van der Waals surface area contributed by atoms with Gasteiger partial charge in [0, 0.05) is 22.8 Å². The Hall–Kier alpha value is -3.58. The van der Waals surface area contributed by atoms with Crippen molar-refractivity contribution in [3.63, 3.8) is 0 Å². The predicted octanol–water partition coefficient (Wildman–Crippen LogP) is 4.64. The standard InChI is InChI=1S/C22H13ClF2N2O3/c23-13-5-3-4-12(10-13)20(28)18-19(16-6-1-2-9-26-16)27(22(30)21(18)29)17-8-7-14(24)11-15(17)25/h1-11,19,28H/b20-18+. The maximum Gasteiger partial charge on any atom is 0.300 e. The van der Waals surface area contributed by atoms with Crippen molar-refractivity contribution in [3.8, 4) is 0 Å². The van der Waals surface area contributed by atoms with Gasteiger partial charge in [0.2, 0.25) is 0 Å². The van der Waals surface area contributed by atoms with Crippen molar-refractivity contribution < 1.29 is 23.5 Å². The number of benzene rings is 2. The van der Waals surface area contributed by atoms with Gasteiger partial charge in [-0.25, -0.2) is 8.78 Å². The van der Waals surface area contributed by atoms with Crippen LogP contribution in [0.4, 0.5) is 14.5 Å². The van der Waals surface area contributed by atoms with E-state index in [0.29, 0.717) is 11.1 Å². The average molecular weight is 427 g/mol. The summed E-state index contributed by atoms with van der Waals surface area (Å²) in [5, 5.41) is 11.2. The van der Waals surface area contributed by atoms with Gasteiger partial charge in [-0.1, -0.05) is 29.8 Å². The molecule has 5 nitrogen and oxygen atoms in total. The van der Waals surface area contributed by atoms with E-state index in [0.717, 1.165) is 17.0 Å². The van der Waals surface area contributed by atoms with Gasteiger partial charge >= 0.3 is 0 Å². The van der Waals surface area contributed by atoms with Crippen LogP contribution in [0, 0.1) is 11.6 Å². The first kappa shape index (κ1) is 19.7. The first-order valence-electron chi connectivity index (χ1n) is 8.81. The van der Waals surface area contributed by atoms with E-state index in [2.05, 4.69) is 4.98 Å². The zero-order chi connectivity index (χ0) is 21.4. The Morgan fingerprint density at radius 2 is 1.83 bits per heavy atom. The third-order valence-electron chi connectivity index (χ3n) is 4.68. The second-order valence-electron chi connectivity index (χ2n) is 6.53. The number of halogens is 3. The molecule has 1 unspecified atom stereocenters. The number of carbonyl (C=O) groups excluding carboxylic acids is 2. The van der Waals surface area contributed by atoms with Crippen molar-refractivity contribution in [2.24, 2.45) is 0 Å². The number of aliphatic hydroxyl groups is 1. The molecular formula is C22H13ClF2N2O3. The molecule has 2 aromatic carbocycles. The van der Waals surface area contributed by atoms with Crippen LogP contribution in [-0.4, -0.2) is 21.8 Å². The van der Waals surface area contributed by atoms with E-state index in [1.165, 1.54) is 24.4 Å². The highest BCUT2D eigenvalue weighted by atomic mass is 35.5. The molecule has 0 aliphatic carbocycles. The second-order valence-corrected chi connectivity index (χ2v) is 6.97. The maximum absolute atomic E-state index is 14.5. The van der Waals surface area contributed by atoms with Crippen molar-refractivity contribution in [2.75, 3.05) is 4.90 Å². The molecule has 2 heterocycles. The maximum atomic E-state index is 14.5. The first-order chi connectivity index (χ1) is 14.4. The summed E-state index contributed by atoms with van der Waals surface area (Å²) in [4.78, 5) is 30.8. The van der Waals surface area contributed by atoms with Crippen LogP contribution in [0.15, 0.2) is 72.4 Å². The fraction of sp³-hybridized carbons (Fsp3) is 0.0455. The summed E-state index contributed by atoms with van der Waals surface area (Å²) in [6.45, 7) is 0. The Morgan fingerprint density at radius 3 is 2.50 bits per heavy atom. The average Bonchev–Trinajstić information content (AvgIpc) is 2.99. The number of hydrogen-bond donors (Lipinski definition) is 1. The van der Waals surface area contributed by atoms with Crippen LogP contribution < -0.4 is 4.90 Å². The first-order valence-corrected chi connectivity index (χ1v) is 9.19. The molecule has 30 heavy (non-hydrogen) atoms. The summed E-state index contributed by atoms with van der Waals surface area (Å²) < 4.78 is 27.9. The third kappa shape index (κ3) is 3.33. The summed E-state index contributed by atoms with van der Waals surface area (Å²) in [6.07, 6.45) is 1.44. The number of aliphatic hydroxyl groups excluding tert-OH is 1. The van der Waals surface area contributed by atoms with Gasteiger partial charge in [-0.15, -0.1) is 0 Å². The number of ketones is 1. The lowest BCUT2D eigenvalue weighted by molar-refractivity contribution is -0.132. The fourth-order valence-corrected chi connectivity index (χ4v) is 3.56. The molecule has 8 heteroatoms. The van der Waals surface area contributed by atoms with Crippen molar-refractivity contribution in [1.82, 2.24) is 4.98 Å². The van der Waals surface area contributed by atoms with Crippen molar-refractivity contribution >= 4 is 34.7 Å². The number of Topliss-reactive ketones (excluding diaryl/α,β-unsaturated/α-hetero) is 1. The molecule has 1 atom stereocenters. The number of amides is 1. The van der Waals surface area contributed by atoms with Crippen LogP contribution in [0.2, 0.25) is 5.02 Å². The van der Waals surface area contributed by atoms with Crippen molar-refractivity contribution in [3.05, 3.63) is 100 Å². The van der Waals surface area contributed by atoms with Crippen molar-refractivity contribution in [1.29, 1.82) is 0 Å². The number of carbonyl (C=O) groups is 2. The van der Waals surface area contributed by atoms with Gasteiger partial charge in [0.1, 0.15) is 23.4 Å². The Labute approximate surface area is 174 Å². The van der Waals surface area contributed by atoms with Crippen LogP contribution in [0.25, 0.3) is 5.76 Å². The topological polar surface area (TPSA) is 70.5 Å². The Kier molecular flexibility index (Phi) is 5.05. The Balaban J connectivity index is 1.97. The van der Waals surface area contributed by atoms with Crippen LogP contribution >= 0.6 is 11.6 Å². The normalized spacial score (nSPS) is 18.1. The number of aromatic nitrogens is 1. The minimum absolute atomic E-state index is 0.209. The number of nitrogens with zero attached hydrogens (tertiary/aromatic N) is 2. The molecule has 1 aliphatic heterocycles. The SMILES string of the molecule is O=C1C(=O)N(c2ccc(F)cc2F)C(c2ccccn2)/C1=C(\O)c1cccc(Cl)c1. The minimum atomic E-state index is -1.22. The lowest BCUT2D eigenvalue weighted by atomic mass is 9.98. The highest BCUT2D eigenvalue weighted by Crippen LogP contribution is 2.42. The number of hydrogen-bond acceptors (Lipinski definition) is 4. The van der Waals surface area contributed by atoms with E-state index in [1.807, 2.05) is 0 Å². The molecule has 0 spiro atoms. The van der Waals surface area contributed by atoms with Crippen LogP contribution in [-0.2, 0) is 9.59 Å². The molecule has 150 valence electrons. The van der Waals surface area contributed by atoms with E-state index in [-0.39, 0.29) is 22.5 Å². The number of pyridine rings is 1. The van der Waals surface area contributed by atoms with Gasteiger partial charge in [0.15, 0.2) is 0 Å². The molecule has 1 aromatic heterocycles. The Morgan fingerprint density at radius 1 is 1.03 bits per heavy atom. The number of rotatable bonds is 3. The highest BCUT2D eigenvalue weighted by Gasteiger charge is 2.48. The molecule has 0 saturated carbocycles. The van der Waals surface area contributed by atoms with E-state index >= 15 is 0 Å². The van der Waals surface area contributed by atoms with Crippen LogP contribution in [0.3, 0.4) is 0 Å². The molecule has 0 bridgehead atoms. The largest absolute Gasteiger partial charge is 0.507 e. The van der Waals surface area contributed by atoms with E-state index in [4.69, 9.17) is 11.6 Å². The quantitative estimate of drug-likeness (QED) is 0.376. The Bertz CT molecular complexity index is 1200. The van der Waals surface area contributed by atoms with Gasteiger partial charge in [-0.05, 0) is 36.4 Å². The van der Waals surface area contributed by atoms with E-state index in [9.17, 15) is 23.5 Å². The monoisotopic (exact) mass is 426 g/mol. The zero-order valence-corrected chi connectivity index (χ0v) is 16.0. The van der Waals surface area contributed by atoms with E-state index in [1.54, 1.807) is 24.3 Å². The summed E-state index contributed by atoms with van der Waals surface area (Å²) in [7, 11) is 0. The van der Waals surface area contributed by atoms with Gasteiger partial charge in [-0.2, -0.15) is 0 Å². The molecule has 1 N–H and O–H groups in total. The lowest BCUT2D eigenvalue weighted by Gasteiger charge is -2.25. The van der Waals surface area contributed by atoms with Crippen LogP contribution in [0.5, 0.6) is 0 Å². The molecule has 3 aromatic rings. The fourth-order valence-electron chi connectivity index (χ4n) is 3.37. The molecular weight excluding hydrogens is 414 g/mol. The molecule has 0 radical (unpaired) electrons. The van der Waals surface area contributed by atoms with Gasteiger partial charge in [0.05, 0.1) is 17.0 Å². The number of anilines is 1. The van der Waals surface area contributed by atoms with Gasteiger partial charge < -0.3 is 5.11 Å². The van der Waals surface area contributed by atoms with Crippen LogP contribution in [0.1, 0.15) is 17.3 Å². The smallest absolute Gasteiger partial charge is 0.300 e. The predicted molar refractivity (Wildman–Crippen MR) is 107 cm³/mol. The lowest BCUT2D eigenvalue weighted by Crippen LogP contribution is -2.30. The highest BCUT2D eigenvalue weighted by molar-refractivity contribution is 6.51. The minimum Gasteiger partial charge on any atom is -0.507 e. The van der Waals surface area contributed by atoms with Crippen molar-refractivity contribution in [2.45, 2.75) is 6.04 Å². The molecule has 1 aliphatic rings. The summed E-state index contributed by atoms with van der Waals surface area (Å²) >= 11 is 5.98. The molecule has 1 amide bonds.